The molecule has 144 valence electrons. The molecule has 0 saturated carbocycles. The second-order valence-corrected chi connectivity index (χ2v) is 8.05. The average molecular weight is 391 g/mol. The fourth-order valence-electron chi connectivity index (χ4n) is 2.52. The molecule has 0 spiro atoms. The first kappa shape index (κ1) is 20.4. The van der Waals surface area contributed by atoms with Gasteiger partial charge in [-0.1, -0.05) is 0 Å². The molecule has 1 aromatic carbocycles. The van der Waals surface area contributed by atoms with E-state index in [1.54, 1.807) is 29.2 Å². The van der Waals surface area contributed by atoms with Crippen LogP contribution in [0.15, 0.2) is 36.0 Å². The predicted octanol–water partition coefficient (Wildman–Crippen LogP) is 0.568. The molecule has 2 amide bonds. The Kier molecular flexibility index (Phi) is 6.55. The first-order chi connectivity index (χ1) is 12.7. The Hall–Kier alpha value is -2.90. The number of nitrogens with zero attached hydrogens (tertiary/aromatic N) is 3. The van der Waals surface area contributed by atoms with Crippen LogP contribution in [0.4, 0.5) is 11.4 Å². The van der Waals surface area contributed by atoms with Crippen molar-refractivity contribution in [3.05, 3.63) is 36.0 Å². The number of piperazine rings is 1. The van der Waals surface area contributed by atoms with Gasteiger partial charge in [-0.25, -0.2) is 8.42 Å². The van der Waals surface area contributed by atoms with Gasteiger partial charge >= 0.3 is 0 Å². The van der Waals surface area contributed by atoms with E-state index in [-0.39, 0.29) is 11.5 Å². The molecule has 1 aromatic rings. The minimum absolute atomic E-state index is 0.0752. The third-order valence-corrected chi connectivity index (χ3v) is 5.19. The lowest BCUT2D eigenvalue weighted by Gasteiger charge is -2.32. The molecule has 1 heterocycles. The second kappa shape index (κ2) is 8.66. The van der Waals surface area contributed by atoms with Crippen LogP contribution in [0.3, 0.4) is 0 Å². The quantitative estimate of drug-likeness (QED) is 0.559. The van der Waals surface area contributed by atoms with Gasteiger partial charge in [0, 0.05) is 50.7 Å². The van der Waals surface area contributed by atoms with Crippen LogP contribution in [0.25, 0.3) is 0 Å². The molecule has 10 heteroatoms. The lowest BCUT2D eigenvalue weighted by Crippen LogP contribution is -2.46. The van der Waals surface area contributed by atoms with Gasteiger partial charge in [-0.2, -0.15) is 9.57 Å². The van der Waals surface area contributed by atoms with Crippen LogP contribution >= 0.6 is 0 Å². The Morgan fingerprint density at radius 1 is 1.07 bits per heavy atom. The van der Waals surface area contributed by atoms with Crippen LogP contribution in [0.2, 0.25) is 0 Å². The summed E-state index contributed by atoms with van der Waals surface area (Å²) in [5.41, 5.74) is 1.01. The number of carbonyl (C=O) groups is 2. The maximum Gasteiger partial charge on any atom is 0.267 e. The molecule has 1 fully saturated rings. The molecular weight excluding hydrogens is 370 g/mol. The SMILES string of the molecule is CC(=O)Nc1ccc(NC(=O)/C(C#N)=C\N2CCN(S(C)(=O)=O)CC2)cc1. The Morgan fingerprint density at radius 2 is 1.59 bits per heavy atom. The third-order valence-electron chi connectivity index (χ3n) is 3.88. The number of benzene rings is 1. The van der Waals surface area contributed by atoms with Crippen molar-refractivity contribution in [2.24, 2.45) is 0 Å². The lowest BCUT2D eigenvalue weighted by molar-refractivity contribution is -0.114. The van der Waals surface area contributed by atoms with Crippen LogP contribution in [-0.2, 0) is 19.6 Å². The summed E-state index contributed by atoms with van der Waals surface area (Å²) in [7, 11) is -3.24. The molecule has 0 radical (unpaired) electrons. The summed E-state index contributed by atoms with van der Waals surface area (Å²) in [5.74, 6) is -0.757. The summed E-state index contributed by atoms with van der Waals surface area (Å²) in [5, 5.41) is 14.5. The predicted molar refractivity (Wildman–Crippen MR) is 101 cm³/mol. The fourth-order valence-corrected chi connectivity index (χ4v) is 3.35. The molecule has 0 aromatic heterocycles. The van der Waals surface area contributed by atoms with Crippen LogP contribution in [0.5, 0.6) is 0 Å². The monoisotopic (exact) mass is 391 g/mol. The fraction of sp³-hybridized carbons (Fsp3) is 0.353. The van der Waals surface area contributed by atoms with Gasteiger partial charge in [-0.15, -0.1) is 0 Å². The van der Waals surface area contributed by atoms with E-state index in [1.165, 1.54) is 17.4 Å². The first-order valence-electron chi connectivity index (χ1n) is 8.19. The number of anilines is 2. The molecule has 1 aliphatic rings. The largest absolute Gasteiger partial charge is 0.373 e. The van der Waals surface area contributed by atoms with E-state index in [0.29, 0.717) is 37.6 Å². The van der Waals surface area contributed by atoms with Gasteiger partial charge in [0.05, 0.1) is 6.26 Å². The molecule has 0 atom stereocenters. The van der Waals surface area contributed by atoms with E-state index >= 15 is 0 Å². The van der Waals surface area contributed by atoms with Gasteiger partial charge < -0.3 is 15.5 Å². The van der Waals surface area contributed by atoms with Crippen molar-refractivity contribution < 1.29 is 18.0 Å². The van der Waals surface area contributed by atoms with Crippen LogP contribution < -0.4 is 10.6 Å². The first-order valence-corrected chi connectivity index (χ1v) is 10.0. The molecule has 27 heavy (non-hydrogen) atoms. The van der Waals surface area contributed by atoms with Crippen molar-refractivity contribution in [2.45, 2.75) is 6.92 Å². The summed E-state index contributed by atoms with van der Waals surface area (Å²) in [6, 6.07) is 8.37. The van der Waals surface area contributed by atoms with Crippen molar-refractivity contribution in [1.29, 1.82) is 5.26 Å². The number of hydrogen-bond donors (Lipinski definition) is 2. The molecule has 0 unspecified atom stereocenters. The number of carbonyl (C=O) groups excluding carboxylic acids is 2. The molecule has 9 nitrogen and oxygen atoms in total. The average Bonchev–Trinajstić information content (AvgIpc) is 2.60. The number of rotatable bonds is 5. The maximum absolute atomic E-state index is 12.3. The van der Waals surface area contributed by atoms with E-state index in [4.69, 9.17) is 0 Å². The van der Waals surface area contributed by atoms with Gasteiger partial charge in [-0.05, 0) is 24.3 Å². The number of amides is 2. The molecule has 2 N–H and O–H groups in total. The summed E-state index contributed by atoms with van der Waals surface area (Å²) >= 11 is 0. The smallest absolute Gasteiger partial charge is 0.267 e. The molecule has 1 aliphatic heterocycles. The van der Waals surface area contributed by atoms with Crippen LogP contribution in [0, 0.1) is 11.3 Å². The van der Waals surface area contributed by atoms with Gasteiger partial charge in [0.25, 0.3) is 5.91 Å². The Labute approximate surface area is 158 Å². The number of nitriles is 1. The molecule has 2 rings (SSSR count). The van der Waals surface area contributed by atoms with Crippen molar-refractivity contribution in [3.63, 3.8) is 0 Å². The maximum atomic E-state index is 12.3. The Morgan fingerprint density at radius 3 is 2.04 bits per heavy atom. The molecule has 0 aliphatic carbocycles. The minimum atomic E-state index is -3.24. The highest BCUT2D eigenvalue weighted by molar-refractivity contribution is 7.88. The zero-order valence-corrected chi connectivity index (χ0v) is 15.9. The van der Waals surface area contributed by atoms with E-state index in [0.717, 1.165) is 6.26 Å². The highest BCUT2D eigenvalue weighted by Gasteiger charge is 2.23. The van der Waals surface area contributed by atoms with E-state index < -0.39 is 15.9 Å². The number of hydrogen-bond acceptors (Lipinski definition) is 6. The van der Waals surface area contributed by atoms with E-state index in [9.17, 15) is 23.3 Å². The van der Waals surface area contributed by atoms with Crippen LogP contribution in [-0.4, -0.2) is 61.9 Å². The highest BCUT2D eigenvalue weighted by Crippen LogP contribution is 2.15. The topological polar surface area (TPSA) is 123 Å². The van der Waals surface area contributed by atoms with Crippen molar-refractivity contribution in [1.82, 2.24) is 9.21 Å². The molecule has 1 saturated heterocycles. The number of nitrogens with one attached hydrogen (secondary N) is 2. The normalized spacial score (nSPS) is 15.7. The van der Waals surface area contributed by atoms with Gasteiger partial charge in [0.15, 0.2) is 0 Å². The van der Waals surface area contributed by atoms with Gasteiger partial charge in [-0.3, -0.25) is 9.59 Å². The standard InChI is InChI=1S/C17H21N5O4S/c1-13(23)19-15-3-5-16(6-4-15)20-17(24)14(11-18)12-21-7-9-22(10-8-21)27(2,25)26/h3-6,12H,7-10H2,1-2H3,(H,19,23)(H,20,24)/b14-12-. The molecule has 0 bridgehead atoms. The Balaban J connectivity index is 1.98. The highest BCUT2D eigenvalue weighted by atomic mass is 32.2. The second-order valence-electron chi connectivity index (χ2n) is 6.07. The van der Waals surface area contributed by atoms with E-state index in [1.807, 2.05) is 6.07 Å². The van der Waals surface area contributed by atoms with Gasteiger partial charge in [0.2, 0.25) is 15.9 Å². The lowest BCUT2D eigenvalue weighted by atomic mass is 10.2. The summed E-state index contributed by atoms with van der Waals surface area (Å²) in [6.45, 7) is 2.81. The van der Waals surface area contributed by atoms with Crippen molar-refractivity contribution in [3.8, 4) is 6.07 Å². The third kappa shape index (κ3) is 6.09. The van der Waals surface area contributed by atoms with Crippen molar-refractivity contribution in [2.75, 3.05) is 43.1 Å². The zero-order chi connectivity index (χ0) is 20.0. The minimum Gasteiger partial charge on any atom is -0.373 e. The van der Waals surface area contributed by atoms with Crippen LogP contribution in [0.1, 0.15) is 6.92 Å². The summed E-state index contributed by atoms with van der Waals surface area (Å²) < 4.78 is 24.4. The summed E-state index contributed by atoms with van der Waals surface area (Å²) in [4.78, 5) is 25.1. The molecular formula is C17H21N5O4S. The van der Waals surface area contributed by atoms with Gasteiger partial charge in [0.1, 0.15) is 11.6 Å². The van der Waals surface area contributed by atoms with Crippen molar-refractivity contribution >= 4 is 33.2 Å². The number of sulfonamides is 1. The summed E-state index contributed by atoms with van der Waals surface area (Å²) in [6.07, 6.45) is 2.60. The van der Waals surface area contributed by atoms with E-state index in [2.05, 4.69) is 10.6 Å². The zero-order valence-electron chi connectivity index (χ0n) is 15.1. The Bertz CT molecular complexity index is 879.